The zero-order valence-electron chi connectivity index (χ0n) is 14.1. The van der Waals surface area contributed by atoms with E-state index in [1.165, 1.54) is 5.56 Å². The average Bonchev–Trinajstić information content (AvgIpc) is 2.28. The van der Waals surface area contributed by atoms with Gasteiger partial charge in [-0.05, 0) is 40.9 Å². The first-order valence-corrected chi connectivity index (χ1v) is 7.52. The fourth-order valence-electron chi connectivity index (χ4n) is 2.32. The van der Waals surface area contributed by atoms with Crippen LogP contribution in [0.3, 0.4) is 0 Å². The Kier molecular flexibility index (Phi) is 5.26. The molecule has 2 nitrogen and oxygen atoms in total. The van der Waals surface area contributed by atoms with Gasteiger partial charge < -0.3 is 9.84 Å². The van der Waals surface area contributed by atoms with E-state index in [1.807, 2.05) is 6.92 Å². The van der Waals surface area contributed by atoms with E-state index in [0.29, 0.717) is 5.75 Å². The lowest BCUT2D eigenvalue weighted by molar-refractivity contribution is 0.151. The molecule has 1 N–H and O–H groups in total. The summed E-state index contributed by atoms with van der Waals surface area (Å²) in [5.41, 5.74) is 3.16. The minimum atomic E-state index is -0.0638. The monoisotopic (exact) mass is 278 g/mol. The van der Waals surface area contributed by atoms with E-state index in [0.717, 1.165) is 30.8 Å². The van der Waals surface area contributed by atoms with E-state index in [1.54, 1.807) is 0 Å². The van der Waals surface area contributed by atoms with E-state index in [2.05, 4.69) is 53.7 Å². The maximum Gasteiger partial charge on any atom is 0.123 e. The minimum Gasteiger partial charge on any atom is -0.507 e. The lowest BCUT2D eigenvalue weighted by atomic mass is 9.78. The molecule has 1 aromatic rings. The molecule has 1 aromatic carbocycles. The molecule has 0 aliphatic rings. The van der Waals surface area contributed by atoms with Gasteiger partial charge >= 0.3 is 0 Å². The Bertz CT molecular complexity index is 412. The van der Waals surface area contributed by atoms with Crippen LogP contribution in [0, 0.1) is 0 Å². The molecule has 114 valence electrons. The van der Waals surface area contributed by atoms with E-state index in [9.17, 15) is 5.11 Å². The molecule has 0 fully saturated rings. The van der Waals surface area contributed by atoms with Gasteiger partial charge in [0.25, 0.3) is 0 Å². The Balaban J connectivity index is 3.28. The van der Waals surface area contributed by atoms with Gasteiger partial charge in [-0.25, -0.2) is 0 Å². The summed E-state index contributed by atoms with van der Waals surface area (Å²) >= 11 is 0. The molecule has 0 bridgehead atoms. The first kappa shape index (κ1) is 17.0. The number of hydrogen-bond acceptors (Lipinski definition) is 2. The fourth-order valence-corrected chi connectivity index (χ4v) is 2.32. The lowest BCUT2D eigenvalue weighted by Crippen LogP contribution is -2.18. The average molecular weight is 278 g/mol. The largest absolute Gasteiger partial charge is 0.507 e. The first-order valence-electron chi connectivity index (χ1n) is 7.52. The molecule has 0 aromatic heterocycles. The van der Waals surface area contributed by atoms with Crippen LogP contribution in [0.15, 0.2) is 12.1 Å². The normalized spacial score (nSPS) is 12.8. The van der Waals surface area contributed by atoms with Crippen molar-refractivity contribution < 1.29 is 9.84 Å². The fraction of sp³-hybridized carbons (Fsp3) is 0.667. The van der Waals surface area contributed by atoms with Crippen LogP contribution in [-0.2, 0) is 22.0 Å². The zero-order valence-corrected chi connectivity index (χ0v) is 14.1. The zero-order chi connectivity index (χ0) is 15.6. The Labute approximate surface area is 124 Å². The molecular formula is C18H30O2. The van der Waals surface area contributed by atoms with Crippen molar-refractivity contribution in [1.29, 1.82) is 0 Å². The van der Waals surface area contributed by atoms with Crippen molar-refractivity contribution in [3.05, 3.63) is 28.8 Å². The molecule has 0 saturated carbocycles. The SMILES string of the molecule is CCOCCc1cc(C(C)(C)C)c(O)c(C(C)(C)C)c1. The second-order valence-electron chi connectivity index (χ2n) is 7.49. The van der Waals surface area contributed by atoms with Crippen LogP contribution in [0.1, 0.15) is 65.2 Å². The van der Waals surface area contributed by atoms with Gasteiger partial charge in [0, 0.05) is 6.61 Å². The first-order chi connectivity index (χ1) is 9.07. The summed E-state index contributed by atoms with van der Waals surface area (Å²) in [6.45, 7) is 16.3. The van der Waals surface area contributed by atoms with Gasteiger partial charge in [-0.2, -0.15) is 0 Å². The van der Waals surface area contributed by atoms with Crippen LogP contribution in [-0.4, -0.2) is 18.3 Å². The molecule has 0 radical (unpaired) electrons. The highest BCUT2D eigenvalue weighted by Gasteiger charge is 2.26. The van der Waals surface area contributed by atoms with Gasteiger partial charge in [0.1, 0.15) is 5.75 Å². The highest BCUT2D eigenvalue weighted by Crippen LogP contribution is 2.39. The molecule has 1 rings (SSSR count). The second kappa shape index (κ2) is 6.17. The Hall–Kier alpha value is -1.02. The number of phenols is 1. The van der Waals surface area contributed by atoms with Crippen molar-refractivity contribution in [2.75, 3.05) is 13.2 Å². The maximum atomic E-state index is 10.6. The van der Waals surface area contributed by atoms with Gasteiger partial charge in [-0.15, -0.1) is 0 Å². The van der Waals surface area contributed by atoms with Crippen molar-refractivity contribution in [2.24, 2.45) is 0 Å². The van der Waals surface area contributed by atoms with Crippen molar-refractivity contribution in [2.45, 2.75) is 65.7 Å². The van der Waals surface area contributed by atoms with Gasteiger partial charge in [0.15, 0.2) is 0 Å². The summed E-state index contributed by atoms with van der Waals surface area (Å²) in [7, 11) is 0. The second-order valence-corrected chi connectivity index (χ2v) is 7.49. The summed E-state index contributed by atoms with van der Waals surface area (Å²) in [6.07, 6.45) is 0.889. The molecule has 0 unspecified atom stereocenters. The van der Waals surface area contributed by atoms with Crippen molar-refractivity contribution in [1.82, 2.24) is 0 Å². The smallest absolute Gasteiger partial charge is 0.123 e. The molecule has 0 saturated heterocycles. The number of aromatic hydroxyl groups is 1. The maximum absolute atomic E-state index is 10.6. The van der Waals surface area contributed by atoms with Crippen LogP contribution in [0.5, 0.6) is 5.75 Å². The third-order valence-electron chi connectivity index (χ3n) is 3.52. The minimum absolute atomic E-state index is 0.0638. The van der Waals surface area contributed by atoms with Crippen LogP contribution in [0.25, 0.3) is 0 Å². The number of ether oxygens (including phenoxy) is 1. The number of hydrogen-bond donors (Lipinski definition) is 1. The molecule has 0 atom stereocenters. The quantitative estimate of drug-likeness (QED) is 0.818. The van der Waals surface area contributed by atoms with Gasteiger partial charge in [-0.1, -0.05) is 53.7 Å². The molecule has 0 spiro atoms. The predicted molar refractivity (Wildman–Crippen MR) is 85.7 cm³/mol. The van der Waals surface area contributed by atoms with Crippen molar-refractivity contribution in [3.63, 3.8) is 0 Å². The van der Waals surface area contributed by atoms with E-state index in [4.69, 9.17) is 4.74 Å². The molecule has 0 heterocycles. The summed E-state index contributed by atoms with van der Waals surface area (Å²) < 4.78 is 5.46. The lowest BCUT2D eigenvalue weighted by Gasteiger charge is -2.28. The third kappa shape index (κ3) is 4.24. The molecule has 0 aliphatic carbocycles. The summed E-state index contributed by atoms with van der Waals surface area (Å²) in [6, 6.07) is 4.26. The van der Waals surface area contributed by atoms with Gasteiger partial charge in [-0.3, -0.25) is 0 Å². The van der Waals surface area contributed by atoms with Crippen LogP contribution in [0.2, 0.25) is 0 Å². The third-order valence-corrected chi connectivity index (χ3v) is 3.52. The van der Waals surface area contributed by atoms with E-state index in [-0.39, 0.29) is 10.8 Å². The summed E-state index contributed by atoms with van der Waals surface area (Å²) in [5, 5.41) is 10.6. The highest BCUT2D eigenvalue weighted by atomic mass is 16.5. The van der Waals surface area contributed by atoms with E-state index >= 15 is 0 Å². The molecule has 0 aliphatic heterocycles. The Morgan fingerprint density at radius 1 is 0.950 bits per heavy atom. The van der Waals surface area contributed by atoms with Crippen LogP contribution in [0.4, 0.5) is 0 Å². The molecule has 20 heavy (non-hydrogen) atoms. The predicted octanol–water partition coefficient (Wildman–Crippen LogP) is 4.57. The van der Waals surface area contributed by atoms with Crippen LogP contribution >= 0.6 is 0 Å². The number of rotatable bonds is 4. The number of benzene rings is 1. The van der Waals surface area contributed by atoms with Gasteiger partial charge in [0.2, 0.25) is 0 Å². The van der Waals surface area contributed by atoms with Crippen molar-refractivity contribution in [3.8, 4) is 5.75 Å². The number of phenolic OH excluding ortho intramolecular Hbond substituents is 1. The van der Waals surface area contributed by atoms with Gasteiger partial charge in [0.05, 0.1) is 6.61 Å². The summed E-state index contributed by atoms with van der Waals surface area (Å²) in [4.78, 5) is 0. The van der Waals surface area contributed by atoms with E-state index < -0.39 is 0 Å². The topological polar surface area (TPSA) is 29.5 Å². The van der Waals surface area contributed by atoms with Crippen molar-refractivity contribution >= 4 is 0 Å². The summed E-state index contributed by atoms with van der Waals surface area (Å²) in [5.74, 6) is 0.449. The van der Waals surface area contributed by atoms with Crippen LogP contribution < -0.4 is 0 Å². The standard InChI is InChI=1S/C18H30O2/c1-8-20-10-9-13-11-14(17(2,3)4)16(19)15(12-13)18(5,6)7/h11-12,19H,8-10H2,1-7H3. The highest BCUT2D eigenvalue weighted by molar-refractivity contribution is 5.49. The Morgan fingerprint density at radius 2 is 1.40 bits per heavy atom. The molecule has 0 amide bonds. The molecular weight excluding hydrogens is 248 g/mol. The molecule has 2 heteroatoms. The Morgan fingerprint density at radius 3 is 1.75 bits per heavy atom.